The first-order valence-corrected chi connectivity index (χ1v) is 8.77. The largest absolute Gasteiger partial charge is 0.494 e. The zero-order chi connectivity index (χ0) is 17.2. The molecule has 0 aliphatic heterocycles. The second-order valence-electron chi connectivity index (χ2n) is 6.36. The van der Waals surface area contributed by atoms with Crippen LogP contribution in [0.15, 0.2) is 48.5 Å². The summed E-state index contributed by atoms with van der Waals surface area (Å²) in [5, 5.41) is 1.17. The van der Waals surface area contributed by atoms with Crippen LogP contribution in [0.4, 0.5) is 0 Å². The van der Waals surface area contributed by atoms with Gasteiger partial charge >= 0.3 is 5.97 Å². The van der Waals surface area contributed by atoms with Crippen LogP contribution in [0, 0.1) is 0 Å². The molecule has 25 heavy (non-hydrogen) atoms. The molecule has 0 amide bonds. The molecule has 1 unspecified atom stereocenters. The number of carbonyl (C=O) groups excluding carboxylic acids is 1. The van der Waals surface area contributed by atoms with Crippen molar-refractivity contribution < 1.29 is 14.3 Å². The predicted molar refractivity (Wildman–Crippen MR) is 97.1 cm³/mol. The van der Waals surface area contributed by atoms with Crippen molar-refractivity contribution in [2.45, 2.75) is 32.3 Å². The molecule has 4 nitrogen and oxygen atoms in total. The molecule has 3 aromatic rings. The summed E-state index contributed by atoms with van der Waals surface area (Å²) in [4.78, 5) is 15.8. The molecule has 0 saturated heterocycles. The Balaban J connectivity index is 1.56. The fourth-order valence-electron chi connectivity index (χ4n) is 3.51. The van der Waals surface area contributed by atoms with Crippen LogP contribution >= 0.6 is 0 Å². The van der Waals surface area contributed by atoms with Crippen molar-refractivity contribution in [1.29, 1.82) is 0 Å². The van der Waals surface area contributed by atoms with E-state index in [9.17, 15) is 4.79 Å². The predicted octanol–water partition coefficient (Wildman–Crippen LogP) is 4.28. The molecule has 0 bridgehead atoms. The molecule has 1 heterocycles. The van der Waals surface area contributed by atoms with E-state index < -0.39 is 0 Å². The minimum absolute atomic E-state index is 0.0880. The summed E-state index contributed by atoms with van der Waals surface area (Å²) in [6.45, 7) is 2.63. The summed E-state index contributed by atoms with van der Waals surface area (Å²) < 4.78 is 11.4. The lowest BCUT2D eigenvalue weighted by molar-refractivity contribution is 0.0271. The molecule has 0 saturated carbocycles. The van der Waals surface area contributed by atoms with Gasteiger partial charge in [0.2, 0.25) is 0 Å². The molecular weight excluding hydrogens is 314 g/mol. The van der Waals surface area contributed by atoms with Gasteiger partial charge in [0.25, 0.3) is 0 Å². The smallest absolute Gasteiger partial charge is 0.338 e. The quantitative estimate of drug-likeness (QED) is 0.724. The summed E-state index contributed by atoms with van der Waals surface area (Å²) in [6.07, 6.45) is 2.39. The minimum Gasteiger partial charge on any atom is -0.494 e. The van der Waals surface area contributed by atoms with Gasteiger partial charge in [-0.25, -0.2) is 4.79 Å². The average molecular weight is 335 g/mol. The van der Waals surface area contributed by atoms with E-state index in [1.807, 2.05) is 31.2 Å². The summed E-state index contributed by atoms with van der Waals surface area (Å²) in [7, 11) is 0. The number of rotatable bonds is 4. The molecule has 0 fully saturated rings. The maximum atomic E-state index is 12.3. The van der Waals surface area contributed by atoms with Gasteiger partial charge in [-0.15, -0.1) is 0 Å². The van der Waals surface area contributed by atoms with E-state index in [0.29, 0.717) is 12.2 Å². The van der Waals surface area contributed by atoms with Crippen LogP contribution in [-0.4, -0.2) is 23.7 Å². The van der Waals surface area contributed by atoms with Crippen molar-refractivity contribution in [3.05, 3.63) is 65.4 Å². The van der Waals surface area contributed by atoms with Crippen LogP contribution in [0.3, 0.4) is 0 Å². The van der Waals surface area contributed by atoms with Gasteiger partial charge in [-0.05, 0) is 55.7 Å². The van der Waals surface area contributed by atoms with E-state index in [1.54, 1.807) is 12.1 Å². The molecule has 0 spiro atoms. The highest BCUT2D eigenvalue weighted by Gasteiger charge is 2.25. The number of benzene rings is 2. The zero-order valence-corrected chi connectivity index (χ0v) is 14.2. The highest BCUT2D eigenvalue weighted by Crippen LogP contribution is 2.32. The van der Waals surface area contributed by atoms with E-state index >= 15 is 0 Å². The summed E-state index contributed by atoms with van der Waals surface area (Å²) in [5.74, 6) is 0.629. The third-order valence-electron chi connectivity index (χ3n) is 4.71. The molecule has 1 aliphatic rings. The molecule has 1 atom stereocenters. The minimum atomic E-state index is -0.246. The molecule has 2 aromatic carbocycles. The van der Waals surface area contributed by atoms with Crippen molar-refractivity contribution >= 4 is 16.9 Å². The fourth-order valence-corrected chi connectivity index (χ4v) is 3.51. The van der Waals surface area contributed by atoms with E-state index in [4.69, 9.17) is 9.47 Å². The Bertz CT molecular complexity index is 898. The summed E-state index contributed by atoms with van der Waals surface area (Å²) in [5.41, 5.74) is 4.21. The second-order valence-corrected chi connectivity index (χ2v) is 6.36. The summed E-state index contributed by atoms with van der Waals surface area (Å²) >= 11 is 0. The molecular formula is C21H21NO3. The first kappa shape index (κ1) is 15.8. The van der Waals surface area contributed by atoms with Gasteiger partial charge in [-0.2, -0.15) is 0 Å². The van der Waals surface area contributed by atoms with Crippen LogP contribution in [0.2, 0.25) is 0 Å². The molecule has 4 heteroatoms. The van der Waals surface area contributed by atoms with Gasteiger partial charge in [0.15, 0.2) is 0 Å². The SMILES string of the molecule is CCOc1ccc2[nH]c3c(c2c1)CC(OC(=O)c1ccccc1)CC3. The summed E-state index contributed by atoms with van der Waals surface area (Å²) in [6, 6.07) is 15.3. The number of hydrogen-bond donors (Lipinski definition) is 1. The van der Waals surface area contributed by atoms with Crippen molar-refractivity contribution in [1.82, 2.24) is 4.98 Å². The van der Waals surface area contributed by atoms with Crippen molar-refractivity contribution in [3.63, 3.8) is 0 Å². The van der Waals surface area contributed by atoms with Gasteiger partial charge in [0.05, 0.1) is 12.2 Å². The Morgan fingerprint density at radius 1 is 1.20 bits per heavy atom. The second kappa shape index (κ2) is 6.63. The number of ether oxygens (including phenoxy) is 2. The molecule has 128 valence electrons. The molecule has 1 aromatic heterocycles. The zero-order valence-electron chi connectivity index (χ0n) is 14.2. The highest BCUT2D eigenvalue weighted by atomic mass is 16.5. The number of hydrogen-bond acceptors (Lipinski definition) is 3. The van der Waals surface area contributed by atoms with Gasteiger partial charge in [0, 0.05) is 23.0 Å². The number of carbonyl (C=O) groups is 1. The Kier molecular flexibility index (Phi) is 4.18. The lowest BCUT2D eigenvalue weighted by Crippen LogP contribution is -2.25. The van der Waals surface area contributed by atoms with Crippen molar-refractivity contribution in [2.75, 3.05) is 6.61 Å². The fraction of sp³-hybridized carbons (Fsp3) is 0.286. The number of aromatic amines is 1. The Labute approximate surface area is 146 Å². The van der Waals surface area contributed by atoms with Gasteiger partial charge in [0.1, 0.15) is 11.9 Å². The normalized spacial score (nSPS) is 16.4. The monoisotopic (exact) mass is 335 g/mol. The maximum absolute atomic E-state index is 12.3. The van der Waals surface area contributed by atoms with Gasteiger partial charge in [-0.1, -0.05) is 18.2 Å². The molecule has 1 N–H and O–H groups in total. The maximum Gasteiger partial charge on any atom is 0.338 e. The Hall–Kier alpha value is -2.75. The van der Waals surface area contributed by atoms with Gasteiger partial charge in [-0.3, -0.25) is 0 Å². The third kappa shape index (κ3) is 3.12. The Morgan fingerprint density at radius 2 is 2.04 bits per heavy atom. The number of aryl methyl sites for hydroxylation is 1. The van der Waals surface area contributed by atoms with Gasteiger partial charge < -0.3 is 14.5 Å². The lowest BCUT2D eigenvalue weighted by atomic mass is 9.93. The van der Waals surface area contributed by atoms with E-state index in [-0.39, 0.29) is 12.1 Å². The van der Waals surface area contributed by atoms with Crippen LogP contribution in [0.25, 0.3) is 10.9 Å². The Morgan fingerprint density at radius 3 is 2.84 bits per heavy atom. The van der Waals surface area contributed by atoms with Crippen molar-refractivity contribution in [2.24, 2.45) is 0 Å². The molecule has 0 radical (unpaired) electrons. The van der Waals surface area contributed by atoms with Crippen LogP contribution in [0.5, 0.6) is 5.75 Å². The number of esters is 1. The van der Waals surface area contributed by atoms with E-state index in [1.165, 1.54) is 16.6 Å². The number of nitrogens with one attached hydrogen (secondary N) is 1. The van der Waals surface area contributed by atoms with Crippen LogP contribution < -0.4 is 4.74 Å². The molecule has 1 aliphatic carbocycles. The number of H-pyrrole nitrogens is 1. The van der Waals surface area contributed by atoms with E-state index in [0.717, 1.165) is 30.5 Å². The topological polar surface area (TPSA) is 51.3 Å². The first-order chi connectivity index (χ1) is 12.2. The average Bonchev–Trinajstić information content (AvgIpc) is 3.00. The van der Waals surface area contributed by atoms with Crippen LogP contribution in [0.1, 0.15) is 35.0 Å². The molecule has 4 rings (SSSR count). The lowest BCUT2D eigenvalue weighted by Gasteiger charge is -2.22. The number of fused-ring (bicyclic) bond motifs is 3. The third-order valence-corrected chi connectivity index (χ3v) is 4.71. The standard InChI is InChI=1S/C21H21NO3/c1-2-24-15-8-10-19-17(12-15)18-13-16(9-11-20(18)22-19)25-21(23)14-6-4-3-5-7-14/h3-8,10,12,16,22H,2,9,11,13H2,1H3. The number of aromatic nitrogens is 1. The van der Waals surface area contributed by atoms with Crippen molar-refractivity contribution in [3.8, 4) is 5.75 Å². The highest BCUT2D eigenvalue weighted by molar-refractivity contribution is 5.90. The first-order valence-electron chi connectivity index (χ1n) is 8.77. The van der Waals surface area contributed by atoms with E-state index in [2.05, 4.69) is 17.1 Å². The van der Waals surface area contributed by atoms with Crippen LogP contribution in [-0.2, 0) is 17.6 Å².